The summed E-state index contributed by atoms with van der Waals surface area (Å²) in [5.74, 6) is 0.0228. The number of hydrogen-bond donors (Lipinski definition) is 1. The average molecular weight is 157 g/mol. The maximum atomic E-state index is 11.1. The summed E-state index contributed by atoms with van der Waals surface area (Å²) >= 11 is 0. The molecule has 0 saturated carbocycles. The lowest BCUT2D eigenvalue weighted by Crippen LogP contribution is -2.49. The molecule has 0 rings (SSSR count). The van der Waals surface area contributed by atoms with Crippen molar-refractivity contribution >= 4 is 12.2 Å². The van der Waals surface area contributed by atoms with Gasteiger partial charge in [-0.15, -0.1) is 0 Å². The smallest absolute Gasteiger partial charge is 0.207 e. The normalized spacial score (nSPS) is 10.8. The van der Waals surface area contributed by atoms with Gasteiger partial charge in [-0.05, 0) is 19.8 Å². The zero-order valence-corrected chi connectivity index (χ0v) is 7.31. The minimum atomic E-state index is -0.623. The predicted molar refractivity (Wildman–Crippen MR) is 43.2 cm³/mol. The summed E-state index contributed by atoms with van der Waals surface area (Å²) < 4.78 is 0. The Balaban J connectivity index is 4.45. The van der Waals surface area contributed by atoms with Crippen molar-refractivity contribution in [1.29, 1.82) is 0 Å². The van der Waals surface area contributed by atoms with E-state index in [1.807, 2.05) is 13.8 Å². The number of carbonyl (C=O) groups is 2. The van der Waals surface area contributed by atoms with Gasteiger partial charge >= 0.3 is 0 Å². The van der Waals surface area contributed by atoms with Crippen LogP contribution in [0.1, 0.15) is 33.6 Å². The Hall–Kier alpha value is -0.860. The van der Waals surface area contributed by atoms with Crippen LogP contribution in [0.5, 0.6) is 0 Å². The summed E-state index contributed by atoms with van der Waals surface area (Å²) in [6.07, 6.45) is 1.89. The number of nitrogens with one attached hydrogen (secondary N) is 1. The van der Waals surface area contributed by atoms with Crippen LogP contribution < -0.4 is 5.32 Å². The molecular formula is C8H15NO2. The van der Waals surface area contributed by atoms with Gasteiger partial charge in [-0.1, -0.05) is 13.8 Å². The highest BCUT2D eigenvalue weighted by Crippen LogP contribution is 2.14. The van der Waals surface area contributed by atoms with Crippen LogP contribution in [0.15, 0.2) is 0 Å². The van der Waals surface area contributed by atoms with Crippen molar-refractivity contribution in [3.63, 3.8) is 0 Å². The lowest BCUT2D eigenvalue weighted by Gasteiger charge is -2.27. The number of Topliss-reactive ketones (excluding diaryl/α,β-unsaturated/α-hetero) is 1. The van der Waals surface area contributed by atoms with E-state index >= 15 is 0 Å². The zero-order chi connectivity index (χ0) is 8.91. The fourth-order valence-electron chi connectivity index (χ4n) is 1.17. The van der Waals surface area contributed by atoms with Crippen LogP contribution in [0.25, 0.3) is 0 Å². The summed E-state index contributed by atoms with van der Waals surface area (Å²) in [6.45, 7) is 5.28. The molecule has 0 unspecified atom stereocenters. The second-order valence-electron chi connectivity index (χ2n) is 2.61. The van der Waals surface area contributed by atoms with Crippen molar-refractivity contribution in [2.45, 2.75) is 39.2 Å². The van der Waals surface area contributed by atoms with E-state index in [0.717, 1.165) is 0 Å². The Labute approximate surface area is 67.2 Å². The van der Waals surface area contributed by atoms with Gasteiger partial charge < -0.3 is 5.32 Å². The molecule has 0 aromatic rings. The van der Waals surface area contributed by atoms with Gasteiger partial charge in [0.2, 0.25) is 6.41 Å². The molecule has 0 aromatic carbocycles. The summed E-state index contributed by atoms with van der Waals surface area (Å²) in [6, 6.07) is 0. The molecule has 0 saturated heterocycles. The first-order chi connectivity index (χ1) is 5.13. The van der Waals surface area contributed by atoms with Crippen LogP contribution in [-0.2, 0) is 9.59 Å². The van der Waals surface area contributed by atoms with Gasteiger partial charge in [0, 0.05) is 0 Å². The quantitative estimate of drug-likeness (QED) is 0.602. The van der Waals surface area contributed by atoms with Gasteiger partial charge in [-0.3, -0.25) is 9.59 Å². The van der Waals surface area contributed by atoms with Crippen LogP contribution in [-0.4, -0.2) is 17.7 Å². The molecule has 1 amide bonds. The standard InChI is InChI=1S/C8H15NO2/c1-4-8(5-2,7(3)11)9-6-10/h6H,4-5H2,1-3H3,(H,9,10). The van der Waals surface area contributed by atoms with Crippen LogP contribution in [0.4, 0.5) is 0 Å². The number of hydrogen-bond acceptors (Lipinski definition) is 2. The lowest BCUT2D eigenvalue weighted by molar-refractivity contribution is -0.126. The number of amides is 1. The van der Waals surface area contributed by atoms with Gasteiger partial charge in [0.25, 0.3) is 0 Å². The molecule has 0 aromatic heterocycles. The van der Waals surface area contributed by atoms with Crippen LogP contribution >= 0.6 is 0 Å². The third kappa shape index (κ3) is 2.03. The van der Waals surface area contributed by atoms with E-state index in [0.29, 0.717) is 19.3 Å². The molecule has 0 atom stereocenters. The maximum Gasteiger partial charge on any atom is 0.207 e. The van der Waals surface area contributed by atoms with Gasteiger partial charge in [0.15, 0.2) is 5.78 Å². The molecule has 1 N–H and O–H groups in total. The van der Waals surface area contributed by atoms with Crippen molar-refractivity contribution in [3.05, 3.63) is 0 Å². The van der Waals surface area contributed by atoms with Crippen LogP contribution in [0, 0.1) is 0 Å². The molecule has 0 spiro atoms. The van der Waals surface area contributed by atoms with E-state index in [2.05, 4.69) is 5.32 Å². The number of ketones is 1. The average Bonchev–Trinajstić information content (AvgIpc) is 2.00. The molecule has 0 radical (unpaired) electrons. The molecule has 0 aliphatic heterocycles. The summed E-state index contributed by atoms with van der Waals surface area (Å²) in [4.78, 5) is 21.3. The van der Waals surface area contributed by atoms with Gasteiger partial charge in [0.1, 0.15) is 0 Å². The number of carbonyl (C=O) groups excluding carboxylic acids is 2. The minimum absolute atomic E-state index is 0.0228. The minimum Gasteiger partial charge on any atom is -0.346 e. The largest absolute Gasteiger partial charge is 0.346 e. The van der Waals surface area contributed by atoms with Crippen molar-refractivity contribution in [1.82, 2.24) is 5.32 Å². The van der Waals surface area contributed by atoms with E-state index in [-0.39, 0.29) is 5.78 Å². The molecule has 0 bridgehead atoms. The topological polar surface area (TPSA) is 46.2 Å². The SMILES string of the molecule is CCC(CC)(NC=O)C(C)=O. The lowest BCUT2D eigenvalue weighted by atomic mass is 9.89. The second-order valence-corrected chi connectivity index (χ2v) is 2.61. The highest BCUT2D eigenvalue weighted by Gasteiger charge is 2.30. The van der Waals surface area contributed by atoms with E-state index in [9.17, 15) is 9.59 Å². The molecule has 0 aliphatic carbocycles. The maximum absolute atomic E-state index is 11.1. The molecule has 64 valence electrons. The Kier molecular flexibility index (Phi) is 3.79. The summed E-state index contributed by atoms with van der Waals surface area (Å²) in [7, 11) is 0. The molecule has 3 nitrogen and oxygen atoms in total. The Morgan fingerprint density at radius 2 is 1.91 bits per heavy atom. The van der Waals surface area contributed by atoms with Gasteiger partial charge in [-0.2, -0.15) is 0 Å². The van der Waals surface area contributed by atoms with Gasteiger partial charge in [-0.25, -0.2) is 0 Å². The van der Waals surface area contributed by atoms with E-state index in [1.165, 1.54) is 6.92 Å². The summed E-state index contributed by atoms with van der Waals surface area (Å²) in [5, 5.41) is 2.56. The molecule has 0 aliphatic rings. The van der Waals surface area contributed by atoms with Crippen molar-refractivity contribution < 1.29 is 9.59 Å². The van der Waals surface area contributed by atoms with Crippen LogP contribution in [0.3, 0.4) is 0 Å². The molecule has 3 heteroatoms. The monoisotopic (exact) mass is 157 g/mol. The molecule has 0 heterocycles. The third-order valence-electron chi connectivity index (χ3n) is 2.22. The highest BCUT2D eigenvalue weighted by atomic mass is 16.1. The first kappa shape index (κ1) is 10.1. The van der Waals surface area contributed by atoms with E-state index in [1.54, 1.807) is 0 Å². The highest BCUT2D eigenvalue weighted by molar-refractivity contribution is 5.87. The van der Waals surface area contributed by atoms with E-state index < -0.39 is 5.54 Å². The Bertz CT molecular complexity index is 150. The summed E-state index contributed by atoms with van der Waals surface area (Å²) in [5.41, 5.74) is -0.623. The van der Waals surface area contributed by atoms with Crippen molar-refractivity contribution in [3.8, 4) is 0 Å². The molecule has 0 fully saturated rings. The third-order valence-corrected chi connectivity index (χ3v) is 2.22. The Morgan fingerprint density at radius 3 is 2.00 bits per heavy atom. The van der Waals surface area contributed by atoms with Crippen molar-refractivity contribution in [2.24, 2.45) is 0 Å². The number of rotatable bonds is 5. The Morgan fingerprint density at radius 1 is 1.45 bits per heavy atom. The predicted octanol–water partition coefficient (Wildman–Crippen LogP) is 0.880. The first-order valence-electron chi connectivity index (χ1n) is 3.85. The second kappa shape index (κ2) is 4.11. The van der Waals surface area contributed by atoms with Crippen LogP contribution in [0.2, 0.25) is 0 Å². The zero-order valence-electron chi connectivity index (χ0n) is 7.31. The molecule has 11 heavy (non-hydrogen) atoms. The van der Waals surface area contributed by atoms with Crippen molar-refractivity contribution in [2.75, 3.05) is 0 Å². The fourth-order valence-corrected chi connectivity index (χ4v) is 1.17. The molecular weight excluding hydrogens is 142 g/mol. The van der Waals surface area contributed by atoms with E-state index in [4.69, 9.17) is 0 Å². The first-order valence-corrected chi connectivity index (χ1v) is 3.85. The van der Waals surface area contributed by atoms with Gasteiger partial charge in [0.05, 0.1) is 5.54 Å². The fraction of sp³-hybridized carbons (Fsp3) is 0.750.